The molecule has 0 aliphatic carbocycles. The smallest absolute Gasteiger partial charge is 0.247 e. The summed E-state index contributed by atoms with van der Waals surface area (Å²) in [6.07, 6.45) is 1.45. The van der Waals surface area contributed by atoms with Crippen molar-refractivity contribution in [2.24, 2.45) is 0 Å². The van der Waals surface area contributed by atoms with E-state index in [1.165, 1.54) is 16.4 Å². The third-order valence-electron chi connectivity index (χ3n) is 5.33. The van der Waals surface area contributed by atoms with Crippen molar-refractivity contribution in [1.29, 1.82) is 0 Å². The maximum atomic E-state index is 13.2. The molecule has 2 aromatic carbocycles. The average molecular weight is 478 g/mol. The topological polar surface area (TPSA) is 94.8 Å². The van der Waals surface area contributed by atoms with E-state index in [1.54, 1.807) is 13.2 Å². The van der Waals surface area contributed by atoms with E-state index >= 15 is 0 Å². The van der Waals surface area contributed by atoms with Gasteiger partial charge in [-0.3, -0.25) is 0 Å². The number of sulfonamides is 1. The molecule has 0 N–H and O–H groups in total. The highest BCUT2D eigenvalue weighted by atomic mass is 35.5. The van der Waals surface area contributed by atoms with Gasteiger partial charge in [0.05, 0.1) is 29.6 Å². The van der Waals surface area contributed by atoms with Crippen LogP contribution in [0, 0.1) is 0 Å². The van der Waals surface area contributed by atoms with E-state index < -0.39 is 10.0 Å². The van der Waals surface area contributed by atoms with Crippen LogP contribution < -0.4 is 9.47 Å². The summed E-state index contributed by atoms with van der Waals surface area (Å²) in [5.74, 6) is 1.75. The van der Waals surface area contributed by atoms with Crippen LogP contribution in [-0.2, 0) is 10.0 Å². The standard InChI is InChI=1S/C22H24ClN3O5S/c1-3-30-20-10-9-18(13-19(20)23)32(27,28)26-11-5-7-16(14-26)22-25-24-21(31-22)15-6-4-8-17(12-15)29-2/h4,6,8-10,12-13,16H,3,5,7,11,14H2,1-2H3/t16-/m1/s1. The van der Waals surface area contributed by atoms with Crippen molar-refractivity contribution in [3.05, 3.63) is 53.4 Å². The third-order valence-corrected chi connectivity index (χ3v) is 7.49. The Hall–Kier alpha value is -2.62. The van der Waals surface area contributed by atoms with Crippen LogP contribution in [0.25, 0.3) is 11.5 Å². The number of nitrogens with zero attached hydrogens (tertiary/aromatic N) is 3. The lowest BCUT2D eigenvalue weighted by atomic mass is 10.00. The summed E-state index contributed by atoms with van der Waals surface area (Å²) in [4.78, 5) is 0.134. The molecular formula is C22H24ClN3O5S. The lowest BCUT2D eigenvalue weighted by Gasteiger charge is -2.30. The van der Waals surface area contributed by atoms with E-state index in [-0.39, 0.29) is 22.4 Å². The SMILES string of the molecule is CCOc1ccc(S(=O)(=O)N2CCC[C@@H](c3nnc(-c4cccc(OC)c4)o3)C2)cc1Cl. The molecular weight excluding hydrogens is 454 g/mol. The van der Waals surface area contributed by atoms with Crippen molar-refractivity contribution in [2.75, 3.05) is 26.8 Å². The van der Waals surface area contributed by atoms with Gasteiger partial charge in [-0.15, -0.1) is 10.2 Å². The fourth-order valence-corrected chi connectivity index (χ4v) is 5.55. The van der Waals surface area contributed by atoms with Gasteiger partial charge in [0.1, 0.15) is 11.5 Å². The van der Waals surface area contributed by atoms with Crippen LogP contribution in [0.3, 0.4) is 0 Å². The summed E-state index contributed by atoms with van der Waals surface area (Å²) in [6.45, 7) is 2.96. The molecule has 3 aromatic rings. The van der Waals surface area contributed by atoms with Crippen molar-refractivity contribution >= 4 is 21.6 Å². The van der Waals surface area contributed by atoms with Gasteiger partial charge < -0.3 is 13.9 Å². The van der Waals surface area contributed by atoms with Gasteiger partial charge in [-0.25, -0.2) is 8.42 Å². The van der Waals surface area contributed by atoms with Crippen molar-refractivity contribution in [1.82, 2.24) is 14.5 Å². The summed E-state index contributed by atoms with van der Waals surface area (Å²) < 4.78 is 44.4. The van der Waals surface area contributed by atoms with Gasteiger partial charge in [-0.05, 0) is 56.2 Å². The molecule has 0 unspecified atom stereocenters. The molecule has 2 heterocycles. The van der Waals surface area contributed by atoms with Crippen LogP contribution in [-0.4, -0.2) is 49.7 Å². The van der Waals surface area contributed by atoms with Crippen LogP contribution >= 0.6 is 11.6 Å². The van der Waals surface area contributed by atoms with Gasteiger partial charge in [-0.2, -0.15) is 4.31 Å². The second kappa shape index (κ2) is 9.48. The van der Waals surface area contributed by atoms with Gasteiger partial charge in [0.15, 0.2) is 0 Å². The minimum Gasteiger partial charge on any atom is -0.497 e. The van der Waals surface area contributed by atoms with Crippen LogP contribution in [0.4, 0.5) is 0 Å². The summed E-state index contributed by atoms with van der Waals surface area (Å²) in [5.41, 5.74) is 0.743. The average Bonchev–Trinajstić information content (AvgIpc) is 3.31. The van der Waals surface area contributed by atoms with E-state index in [2.05, 4.69) is 10.2 Å². The Balaban J connectivity index is 1.53. The van der Waals surface area contributed by atoms with Gasteiger partial charge in [0.25, 0.3) is 0 Å². The Morgan fingerprint density at radius 2 is 2.06 bits per heavy atom. The molecule has 0 bridgehead atoms. The molecule has 1 aliphatic rings. The van der Waals surface area contributed by atoms with E-state index in [4.69, 9.17) is 25.5 Å². The summed E-state index contributed by atoms with van der Waals surface area (Å²) in [6, 6.07) is 11.9. The molecule has 1 fully saturated rings. The van der Waals surface area contributed by atoms with E-state index in [9.17, 15) is 8.42 Å². The van der Waals surface area contributed by atoms with Gasteiger partial charge in [0.2, 0.25) is 21.8 Å². The van der Waals surface area contributed by atoms with Crippen molar-refractivity contribution < 1.29 is 22.3 Å². The Morgan fingerprint density at radius 1 is 1.22 bits per heavy atom. The minimum atomic E-state index is -3.72. The number of methoxy groups -OCH3 is 1. The van der Waals surface area contributed by atoms with Crippen LogP contribution in [0.2, 0.25) is 5.02 Å². The second-order valence-corrected chi connectivity index (χ2v) is 9.75. The fraction of sp³-hybridized carbons (Fsp3) is 0.364. The first-order valence-electron chi connectivity index (χ1n) is 10.3. The van der Waals surface area contributed by atoms with Crippen molar-refractivity contribution in [3.8, 4) is 23.0 Å². The molecule has 4 rings (SSSR count). The molecule has 1 aliphatic heterocycles. The summed E-state index contributed by atoms with van der Waals surface area (Å²) in [5, 5.41) is 8.61. The zero-order valence-electron chi connectivity index (χ0n) is 17.8. The molecule has 1 saturated heterocycles. The van der Waals surface area contributed by atoms with Gasteiger partial charge in [0, 0.05) is 18.7 Å². The first kappa shape index (κ1) is 22.6. The number of piperidine rings is 1. The minimum absolute atomic E-state index is 0.134. The molecule has 0 spiro atoms. The van der Waals surface area contributed by atoms with Crippen LogP contribution in [0.15, 0.2) is 51.8 Å². The van der Waals surface area contributed by atoms with E-state index in [1.807, 2.05) is 31.2 Å². The molecule has 0 radical (unpaired) electrons. The first-order valence-corrected chi connectivity index (χ1v) is 12.1. The van der Waals surface area contributed by atoms with E-state index in [0.717, 1.165) is 12.0 Å². The monoisotopic (exact) mass is 477 g/mol. The molecule has 170 valence electrons. The predicted molar refractivity (Wildman–Crippen MR) is 120 cm³/mol. The first-order chi connectivity index (χ1) is 15.4. The number of halogens is 1. The normalized spacial score (nSPS) is 17.3. The molecule has 0 amide bonds. The number of hydrogen-bond donors (Lipinski definition) is 0. The number of ether oxygens (including phenoxy) is 2. The van der Waals surface area contributed by atoms with Gasteiger partial charge >= 0.3 is 0 Å². The largest absolute Gasteiger partial charge is 0.497 e. The highest BCUT2D eigenvalue weighted by molar-refractivity contribution is 7.89. The quantitative estimate of drug-likeness (QED) is 0.498. The maximum absolute atomic E-state index is 13.2. The Morgan fingerprint density at radius 3 is 2.81 bits per heavy atom. The van der Waals surface area contributed by atoms with Crippen LogP contribution in [0.5, 0.6) is 11.5 Å². The Labute approximate surface area is 192 Å². The maximum Gasteiger partial charge on any atom is 0.247 e. The lowest BCUT2D eigenvalue weighted by molar-refractivity contribution is 0.286. The molecule has 32 heavy (non-hydrogen) atoms. The van der Waals surface area contributed by atoms with Gasteiger partial charge in [-0.1, -0.05) is 17.7 Å². The highest BCUT2D eigenvalue weighted by Gasteiger charge is 2.33. The van der Waals surface area contributed by atoms with Crippen molar-refractivity contribution in [3.63, 3.8) is 0 Å². The molecule has 0 saturated carbocycles. The Bertz CT molecular complexity index is 1200. The summed E-state index contributed by atoms with van der Waals surface area (Å²) >= 11 is 6.21. The highest BCUT2D eigenvalue weighted by Crippen LogP contribution is 2.33. The third kappa shape index (κ3) is 4.60. The number of rotatable bonds is 7. The number of hydrogen-bond acceptors (Lipinski definition) is 7. The molecule has 1 aromatic heterocycles. The Kier molecular flexibility index (Phi) is 6.68. The van der Waals surface area contributed by atoms with E-state index in [0.29, 0.717) is 42.9 Å². The van der Waals surface area contributed by atoms with Crippen molar-refractivity contribution in [2.45, 2.75) is 30.6 Å². The lowest BCUT2D eigenvalue weighted by Crippen LogP contribution is -2.39. The molecule has 8 nitrogen and oxygen atoms in total. The predicted octanol–water partition coefficient (Wildman–Crippen LogP) is 4.37. The summed E-state index contributed by atoms with van der Waals surface area (Å²) in [7, 11) is -2.13. The molecule has 10 heteroatoms. The number of benzene rings is 2. The number of aromatic nitrogens is 2. The second-order valence-electron chi connectivity index (χ2n) is 7.40. The molecule has 1 atom stereocenters. The fourth-order valence-electron chi connectivity index (χ4n) is 3.70. The van der Waals surface area contributed by atoms with Crippen LogP contribution in [0.1, 0.15) is 31.6 Å². The zero-order valence-corrected chi connectivity index (χ0v) is 19.4. The zero-order chi connectivity index (χ0) is 22.7.